The first-order valence-corrected chi connectivity index (χ1v) is 8.58. The molecule has 0 unspecified atom stereocenters. The quantitative estimate of drug-likeness (QED) is 0.595. The van der Waals surface area contributed by atoms with Gasteiger partial charge in [-0.2, -0.15) is 0 Å². The van der Waals surface area contributed by atoms with Crippen LogP contribution in [0.5, 0.6) is 0 Å². The smallest absolute Gasteiger partial charge is 0.125 e. The molecule has 0 radical (unpaired) electrons. The molecule has 0 atom stereocenters. The minimum absolute atomic E-state index is 0.904. The van der Waals surface area contributed by atoms with Crippen molar-refractivity contribution in [3.05, 3.63) is 64.5 Å². The number of hydrogen-bond donors (Lipinski definition) is 0. The van der Waals surface area contributed by atoms with E-state index in [-0.39, 0.29) is 0 Å². The molecule has 0 saturated heterocycles. The zero-order valence-corrected chi connectivity index (χ0v) is 13.9. The standard InChI is InChI=1S/C17H13BrN2S/c1-11-6-8-12(9-7-11)16-17(18)20-13-4-2-3-5-14(13)21-10-15(20)19-16/h2-9H,10H2,1H3. The summed E-state index contributed by atoms with van der Waals surface area (Å²) in [5.74, 6) is 2.00. The average molecular weight is 357 g/mol. The van der Waals surface area contributed by atoms with Crippen LogP contribution in [0, 0.1) is 6.92 Å². The van der Waals surface area contributed by atoms with E-state index < -0.39 is 0 Å². The van der Waals surface area contributed by atoms with E-state index in [1.165, 1.54) is 16.1 Å². The van der Waals surface area contributed by atoms with Gasteiger partial charge in [0, 0.05) is 10.5 Å². The first kappa shape index (κ1) is 13.2. The number of para-hydroxylation sites is 1. The van der Waals surface area contributed by atoms with Gasteiger partial charge in [-0.3, -0.25) is 4.57 Å². The molecule has 3 aromatic rings. The number of aryl methyl sites for hydroxylation is 1. The van der Waals surface area contributed by atoms with Crippen LogP contribution in [-0.2, 0) is 5.75 Å². The molecule has 2 aromatic carbocycles. The summed E-state index contributed by atoms with van der Waals surface area (Å²) >= 11 is 5.60. The van der Waals surface area contributed by atoms with E-state index in [1.54, 1.807) is 0 Å². The third-order valence-electron chi connectivity index (χ3n) is 3.68. The van der Waals surface area contributed by atoms with Crippen LogP contribution in [0.1, 0.15) is 11.4 Å². The highest BCUT2D eigenvalue weighted by Crippen LogP contribution is 2.40. The van der Waals surface area contributed by atoms with Gasteiger partial charge in [-0.25, -0.2) is 4.98 Å². The molecule has 1 aliphatic rings. The van der Waals surface area contributed by atoms with Gasteiger partial charge in [0.2, 0.25) is 0 Å². The summed E-state index contributed by atoms with van der Waals surface area (Å²) in [6.07, 6.45) is 0. The van der Waals surface area contributed by atoms with Crippen molar-refractivity contribution >= 4 is 27.7 Å². The Morgan fingerprint density at radius 3 is 2.67 bits per heavy atom. The van der Waals surface area contributed by atoms with Gasteiger partial charge < -0.3 is 0 Å². The summed E-state index contributed by atoms with van der Waals surface area (Å²) in [6, 6.07) is 17.0. The summed E-state index contributed by atoms with van der Waals surface area (Å²) in [4.78, 5) is 6.15. The fourth-order valence-electron chi connectivity index (χ4n) is 2.59. The molecule has 1 aromatic heterocycles. The Bertz CT molecular complexity index is 821. The number of benzene rings is 2. The molecule has 0 bridgehead atoms. The molecule has 2 nitrogen and oxygen atoms in total. The lowest BCUT2D eigenvalue weighted by atomic mass is 10.1. The number of imidazole rings is 1. The molecule has 4 heteroatoms. The molecule has 0 spiro atoms. The lowest BCUT2D eigenvalue weighted by molar-refractivity contribution is 0.907. The summed E-state index contributed by atoms with van der Waals surface area (Å²) in [5.41, 5.74) is 4.64. The van der Waals surface area contributed by atoms with Gasteiger partial charge in [0.25, 0.3) is 0 Å². The summed E-state index contributed by atoms with van der Waals surface area (Å²) in [6.45, 7) is 2.10. The van der Waals surface area contributed by atoms with Crippen molar-refractivity contribution in [3.8, 4) is 16.9 Å². The van der Waals surface area contributed by atoms with Gasteiger partial charge in [0.05, 0.1) is 11.4 Å². The molecule has 104 valence electrons. The Morgan fingerprint density at radius 1 is 1.10 bits per heavy atom. The normalized spacial score (nSPS) is 12.9. The monoisotopic (exact) mass is 356 g/mol. The summed E-state index contributed by atoms with van der Waals surface area (Å²) < 4.78 is 3.26. The van der Waals surface area contributed by atoms with Crippen LogP contribution in [0.2, 0.25) is 0 Å². The molecule has 2 heterocycles. The van der Waals surface area contributed by atoms with Gasteiger partial charge in [0.1, 0.15) is 16.1 Å². The Hall–Kier alpha value is -1.52. The first-order chi connectivity index (χ1) is 10.2. The SMILES string of the molecule is Cc1ccc(-c2nc3n(c2Br)-c2ccccc2SC3)cc1. The Labute approximate surface area is 136 Å². The number of hydrogen-bond acceptors (Lipinski definition) is 2. The second kappa shape index (κ2) is 5.04. The van der Waals surface area contributed by atoms with Crippen LogP contribution in [0.4, 0.5) is 0 Å². The number of nitrogens with zero attached hydrogens (tertiary/aromatic N) is 2. The molecular formula is C17H13BrN2S. The zero-order chi connectivity index (χ0) is 14.4. The number of thioether (sulfide) groups is 1. The fraction of sp³-hybridized carbons (Fsp3) is 0.118. The number of halogens is 1. The molecule has 0 fully saturated rings. The number of fused-ring (bicyclic) bond motifs is 3. The molecule has 0 saturated carbocycles. The van der Waals surface area contributed by atoms with E-state index in [4.69, 9.17) is 4.98 Å². The predicted molar refractivity (Wildman–Crippen MR) is 91.0 cm³/mol. The topological polar surface area (TPSA) is 17.8 Å². The highest BCUT2D eigenvalue weighted by molar-refractivity contribution is 9.10. The zero-order valence-electron chi connectivity index (χ0n) is 11.5. The van der Waals surface area contributed by atoms with Crippen LogP contribution in [-0.4, -0.2) is 9.55 Å². The van der Waals surface area contributed by atoms with Crippen molar-refractivity contribution in [2.24, 2.45) is 0 Å². The van der Waals surface area contributed by atoms with Crippen LogP contribution in [0.15, 0.2) is 58.0 Å². The van der Waals surface area contributed by atoms with Crippen molar-refractivity contribution in [1.29, 1.82) is 0 Å². The second-order valence-corrected chi connectivity index (χ2v) is 6.89. The van der Waals surface area contributed by atoms with E-state index >= 15 is 0 Å². The van der Waals surface area contributed by atoms with Crippen LogP contribution >= 0.6 is 27.7 Å². The molecule has 0 amide bonds. The Balaban J connectivity index is 1.91. The molecule has 0 aliphatic carbocycles. The number of rotatable bonds is 1. The maximum atomic E-state index is 4.84. The maximum absolute atomic E-state index is 4.84. The molecule has 21 heavy (non-hydrogen) atoms. The lowest BCUT2D eigenvalue weighted by Gasteiger charge is -2.18. The first-order valence-electron chi connectivity index (χ1n) is 6.80. The van der Waals surface area contributed by atoms with Gasteiger partial charge in [0.15, 0.2) is 0 Å². The van der Waals surface area contributed by atoms with E-state index in [0.717, 1.165) is 27.4 Å². The number of aromatic nitrogens is 2. The summed E-state index contributed by atoms with van der Waals surface area (Å²) in [5, 5.41) is 0. The molecule has 4 rings (SSSR count). The van der Waals surface area contributed by atoms with E-state index in [9.17, 15) is 0 Å². The van der Waals surface area contributed by atoms with Gasteiger partial charge in [-0.05, 0) is 35.0 Å². The van der Waals surface area contributed by atoms with E-state index in [1.807, 2.05) is 11.8 Å². The van der Waals surface area contributed by atoms with Crippen molar-refractivity contribution in [2.45, 2.75) is 17.6 Å². The van der Waals surface area contributed by atoms with Crippen LogP contribution in [0.25, 0.3) is 16.9 Å². The van der Waals surface area contributed by atoms with Crippen LogP contribution < -0.4 is 0 Å². The fourth-order valence-corrected chi connectivity index (χ4v) is 4.26. The third-order valence-corrected chi connectivity index (χ3v) is 5.47. The van der Waals surface area contributed by atoms with Crippen LogP contribution in [0.3, 0.4) is 0 Å². The van der Waals surface area contributed by atoms with Gasteiger partial charge in [-0.15, -0.1) is 11.8 Å². The predicted octanol–water partition coefficient (Wildman–Crippen LogP) is 5.22. The van der Waals surface area contributed by atoms with Crippen molar-refractivity contribution < 1.29 is 0 Å². The van der Waals surface area contributed by atoms with E-state index in [2.05, 4.69) is 76.0 Å². The van der Waals surface area contributed by atoms with Crippen molar-refractivity contribution in [2.75, 3.05) is 0 Å². The molecule has 0 N–H and O–H groups in total. The lowest BCUT2D eigenvalue weighted by Crippen LogP contribution is -2.06. The minimum atomic E-state index is 0.904. The molecular weight excluding hydrogens is 344 g/mol. The highest BCUT2D eigenvalue weighted by atomic mass is 79.9. The second-order valence-electron chi connectivity index (χ2n) is 5.13. The van der Waals surface area contributed by atoms with Crippen molar-refractivity contribution in [3.63, 3.8) is 0 Å². The summed E-state index contributed by atoms with van der Waals surface area (Å²) in [7, 11) is 0. The largest absolute Gasteiger partial charge is 0.288 e. The molecule has 1 aliphatic heterocycles. The third kappa shape index (κ3) is 2.14. The minimum Gasteiger partial charge on any atom is -0.288 e. The highest BCUT2D eigenvalue weighted by Gasteiger charge is 2.23. The van der Waals surface area contributed by atoms with E-state index in [0.29, 0.717) is 0 Å². The Kier molecular flexibility index (Phi) is 3.16. The average Bonchev–Trinajstić information content (AvgIpc) is 2.86. The van der Waals surface area contributed by atoms with Gasteiger partial charge >= 0.3 is 0 Å². The Morgan fingerprint density at radius 2 is 1.86 bits per heavy atom. The maximum Gasteiger partial charge on any atom is 0.125 e. The van der Waals surface area contributed by atoms with Gasteiger partial charge in [-0.1, -0.05) is 42.0 Å². The van der Waals surface area contributed by atoms with Crippen molar-refractivity contribution in [1.82, 2.24) is 9.55 Å².